The molecule has 1 aliphatic heterocycles. The molecule has 2 N–H and O–H groups in total. The molecule has 0 aliphatic carbocycles. The van der Waals surface area contributed by atoms with Crippen molar-refractivity contribution in [2.24, 2.45) is 12.0 Å². The quantitative estimate of drug-likeness (QED) is 0.367. The number of benzene rings is 1. The molecule has 7 nitrogen and oxygen atoms in total. The molecule has 9 heteroatoms. The molecule has 1 atom stereocenters. The van der Waals surface area contributed by atoms with Crippen LogP contribution < -0.4 is 10.6 Å². The Morgan fingerprint density at radius 3 is 2.90 bits per heavy atom. The number of piperidine rings is 1. The molecule has 0 radical (unpaired) electrons. The second-order valence-corrected chi connectivity index (χ2v) is 8.53. The maximum Gasteiger partial charge on any atom is 0.191 e. The first-order valence-electron chi connectivity index (χ1n) is 11.0. The third-order valence-electron chi connectivity index (χ3n) is 5.64. The Morgan fingerprint density at radius 1 is 1.35 bits per heavy atom. The van der Waals surface area contributed by atoms with Gasteiger partial charge in [0.2, 0.25) is 0 Å². The molecule has 170 valence electrons. The van der Waals surface area contributed by atoms with Crippen LogP contribution in [0.3, 0.4) is 0 Å². The zero-order valence-corrected chi connectivity index (χ0v) is 19.4. The zero-order chi connectivity index (χ0) is 22.2. The lowest BCUT2D eigenvalue weighted by atomic mass is 10.0. The Labute approximate surface area is 189 Å². The first-order chi connectivity index (χ1) is 15.0. The molecule has 1 saturated heterocycles. The number of aliphatic imine (C=N–C) groups is 1. The van der Waals surface area contributed by atoms with Gasteiger partial charge in [0.05, 0.1) is 0 Å². The second kappa shape index (κ2) is 11.4. The van der Waals surface area contributed by atoms with Crippen LogP contribution in [0, 0.1) is 12.7 Å². The SMILES string of the molecule is CCCCNC(=NCc1nnc(C)n1C)NC1CCCN(Cc2ccc(F)cc2Cl)C1. The van der Waals surface area contributed by atoms with Gasteiger partial charge in [0, 0.05) is 37.7 Å². The fraction of sp³-hybridized carbons (Fsp3) is 0.591. The van der Waals surface area contributed by atoms with E-state index in [0.29, 0.717) is 18.1 Å². The van der Waals surface area contributed by atoms with Crippen LogP contribution in [0.15, 0.2) is 23.2 Å². The number of aromatic nitrogens is 3. The number of guanidine groups is 1. The number of aryl methyl sites for hydroxylation is 1. The minimum absolute atomic E-state index is 0.280. The largest absolute Gasteiger partial charge is 0.356 e. The number of hydrogen-bond acceptors (Lipinski definition) is 4. The highest BCUT2D eigenvalue weighted by molar-refractivity contribution is 6.31. The van der Waals surface area contributed by atoms with E-state index in [1.165, 1.54) is 12.1 Å². The van der Waals surface area contributed by atoms with Crippen molar-refractivity contribution in [3.05, 3.63) is 46.3 Å². The Balaban J connectivity index is 1.62. The Hall–Kier alpha value is -2.19. The van der Waals surface area contributed by atoms with E-state index in [2.05, 4.69) is 32.7 Å². The van der Waals surface area contributed by atoms with E-state index in [-0.39, 0.29) is 11.9 Å². The summed E-state index contributed by atoms with van der Waals surface area (Å²) in [6.45, 7) is 8.05. The molecule has 0 bridgehead atoms. The van der Waals surface area contributed by atoms with Crippen LogP contribution in [0.4, 0.5) is 4.39 Å². The average Bonchev–Trinajstić information content (AvgIpc) is 3.06. The lowest BCUT2D eigenvalue weighted by Gasteiger charge is -2.34. The van der Waals surface area contributed by atoms with E-state index >= 15 is 0 Å². The minimum atomic E-state index is -0.302. The summed E-state index contributed by atoms with van der Waals surface area (Å²) in [7, 11) is 1.96. The van der Waals surface area contributed by atoms with E-state index in [1.807, 2.05) is 18.5 Å². The predicted molar refractivity (Wildman–Crippen MR) is 123 cm³/mol. The molecular formula is C22H33ClFN7. The molecule has 1 aromatic heterocycles. The van der Waals surface area contributed by atoms with Gasteiger partial charge in [0.25, 0.3) is 0 Å². The molecule has 0 saturated carbocycles. The first-order valence-corrected chi connectivity index (χ1v) is 11.4. The maximum atomic E-state index is 13.3. The summed E-state index contributed by atoms with van der Waals surface area (Å²) in [5.41, 5.74) is 0.955. The maximum absolute atomic E-state index is 13.3. The number of halogens is 2. The second-order valence-electron chi connectivity index (χ2n) is 8.12. The number of unbranched alkanes of at least 4 members (excludes halogenated alkanes) is 1. The first kappa shape index (κ1) is 23.5. The van der Waals surface area contributed by atoms with Gasteiger partial charge < -0.3 is 15.2 Å². The highest BCUT2D eigenvalue weighted by Crippen LogP contribution is 2.21. The summed E-state index contributed by atoms with van der Waals surface area (Å²) < 4.78 is 15.3. The molecule has 3 rings (SSSR count). The standard InChI is InChI=1S/C22H33ClFN7/c1-4-5-10-25-22(26-13-21-29-28-16(2)30(21)3)27-19-7-6-11-31(15-19)14-17-8-9-18(24)12-20(17)23/h8-9,12,19H,4-7,10-11,13-15H2,1-3H3,(H2,25,26,27). The third kappa shape index (κ3) is 6.90. The number of rotatable bonds is 8. The van der Waals surface area contributed by atoms with Gasteiger partial charge in [-0.3, -0.25) is 4.90 Å². The normalized spacial score (nSPS) is 17.7. The molecule has 31 heavy (non-hydrogen) atoms. The Morgan fingerprint density at radius 2 is 2.19 bits per heavy atom. The molecule has 2 heterocycles. The van der Waals surface area contributed by atoms with E-state index < -0.39 is 0 Å². The van der Waals surface area contributed by atoms with Gasteiger partial charge in [0.1, 0.15) is 18.2 Å². The van der Waals surface area contributed by atoms with Crippen molar-refractivity contribution in [3.8, 4) is 0 Å². The summed E-state index contributed by atoms with van der Waals surface area (Å²) in [5.74, 6) is 2.22. The zero-order valence-electron chi connectivity index (χ0n) is 18.7. The Bertz CT molecular complexity index is 883. The lowest BCUT2D eigenvalue weighted by molar-refractivity contribution is 0.192. The van der Waals surface area contributed by atoms with Gasteiger partial charge in [-0.2, -0.15) is 0 Å². The summed E-state index contributed by atoms with van der Waals surface area (Å²) in [5, 5.41) is 15.8. The number of hydrogen-bond donors (Lipinski definition) is 2. The van der Waals surface area contributed by atoms with Crippen LogP contribution >= 0.6 is 11.6 Å². The lowest BCUT2D eigenvalue weighted by Crippen LogP contribution is -2.51. The highest BCUT2D eigenvalue weighted by atomic mass is 35.5. The van der Waals surface area contributed by atoms with Crippen molar-refractivity contribution < 1.29 is 4.39 Å². The van der Waals surface area contributed by atoms with Crippen LogP contribution in [0.25, 0.3) is 0 Å². The smallest absolute Gasteiger partial charge is 0.191 e. The number of nitrogens with one attached hydrogen (secondary N) is 2. The van der Waals surface area contributed by atoms with Gasteiger partial charge in [-0.15, -0.1) is 10.2 Å². The average molecular weight is 450 g/mol. The molecule has 0 spiro atoms. The van der Waals surface area contributed by atoms with Crippen LogP contribution in [0.1, 0.15) is 49.8 Å². The van der Waals surface area contributed by atoms with Crippen LogP contribution in [-0.4, -0.2) is 51.3 Å². The summed E-state index contributed by atoms with van der Waals surface area (Å²) in [4.78, 5) is 7.11. The molecule has 1 fully saturated rings. The van der Waals surface area contributed by atoms with Gasteiger partial charge in [-0.05, 0) is 50.4 Å². The predicted octanol–water partition coefficient (Wildman–Crippen LogP) is 3.42. The van der Waals surface area contributed by atoms with Crippen LogP contribution in [0.5, 0.6) is 0 Å². The molecule has 1 unspecified atom stereocenters. The topological polar surface area (TPSA) is 70.4 Å². The van der Waals surface area contributed by atoms with Crippen molar-refractivity contribution in [1.29, 1.82) is 0 Å². The monoisotopic (exact) mass is 449 g/mol. The minimum Gasteiger partial charge on any atom is -0.356 e. The van der Waals surface area contributed by atoms with Crippen molar-refractivity contribution in [1.82, 2.24) is 30.3 Å². The summed E-state index contributed by atoms with van der Waals surface area (Å²) >= 11 is 6.23. The van der Waals surface area contributed by atoms with Crippen molar-refractivity contribution in [2.45, 2.75) is 58.7 Å². The fourth-order valence-corrected chi connectivity index (χ4v) is 3.90. The summed E-state index contributed by atoms with van der Waals surface area (Å²) in [6, 6.07) is 4.91. The summed E-state index contributed by atoms with van der Waals surface area (Å²) in [6.07, 6.45) is 4.37. The molecular weight excluding hydrogens is 417 g/mol. The number of likely N-dealkylation sites (tertiary alicyclic amines) is 1. The molecule has 0 amide bonds. The number of nitrogens with zero attached hydrogens (tertiary/aromatic N) is 5. The van der Waals surface area contributed by atoms with E-state index in [4.69, 9.17) is 16.6 Å². The third-order valence-corrected chi connectivity index (χ3v) is 5.99. The van der Waals surface area contributed by atoms with Crippen molar-refractivity contribution in [2.75, 3.05) is 19.6 Å². The van der Waals surface area contributed by atoms with E-state index in [0.717, 1.165) is 68.5 Å². The van der Waals surface area contributed by atoms with Gasteiger partial charge in [0.15, 0.2) is 11.8 Å². The fourth-order valence-electron chi connectivity index (χ4n) is 3.68. The van der Waals surface area contributed by atoms with Gasteiger partial charge >= 0.3 is 0 Å². The van der Waals surface area contributed by atoms with Crippen LogP contribution in [0.2, 0.25) is 5.02 Å². The molecule has 1 aromatic carbocycles. The van der Waals surface area contributed by atoms with Gasteiger partial charge in [-0.25, -0.2) is 9.38 Å². The Kier molecular flexibility index (Phi) is 8.66. The van der Waals surface area contributed by atoms with E-state index in [1.54, 1.807) is 6.07 Å². The van der Waals surface area contributed by atoms with Crippen molar-refractivity contribution >= 4 is 17.6 Å². The van der Waals surface area contributed by atoms with Crippen molar-refractivity contribution in [3.63, 3.8) is 0 Å². The van der Waals surface area contributed by atoms with E-state index in [9.17, 15) is 4.39 Å². The van der Waals surface area contributed by atoms with Gasteiger partial charge in [-0.1, -0.05) is 31.0 Å². The molecule has 1 aliphatic rings. The molecule has 2 aromatic rings. The highest BCUT2D eigenvalue weighted by Gasteiger charge is 2.21. The van der Waals surface area contributed by atoms with Crippen LogP contribution in [-0.2, 0) is 20.1 Å².